The number of carbonyl (C=O) groups excluding carboxylic acids is 4. The summed E-state index contributed by atoms with van der Waals surface area (Å²) < 4.78 is 0. The monoisotopic (exact) mass is 348 g/mol. The quantitative estimate of drug-likeness (QED) is 0.552. The largest absolute Gasteiger partial charge is 0.343 e. The zero-order valence-corrected chi connectivity index (χ0v) is 14.3. The van der Waals surface area contributed by atoms with Gasteiger partial charge in [-0.05, 0) is 24.7 Å². The Balaban J connectivity index is 1.53. The number of rotatable bonds is 4. The van der Waals surface area contributed by atoms with E-state index in [1.54, 1.807) is 11.0 Å². The predicted molar refractivity (Wildman–Crippen MR) is 89.3 cm³/mol. The lowest BCUT2D eigenvalue weighted by Crippen LogP contribution is -2.52. The van der Waals surface area contributed by atoms with Crippen molar-refractivity contribution in [2.75, 3.05) is 26.2 Å². The number of nitrogens with zero attached hydrogens (tertiary/aromatic N) is 2. The Bertz CT molecular complexity index is 610. The zero-order valence-electron chi connectivity index (χ0n) is 14.3. The van der Waals surface area contributed by atoms with Crippen molar-refractivity contribution in [3.05, 3.63) is 12.7 Å². The van der Waals surface area contributed by atoms with Crippen LogP contribution < -0.4 is 10.6 Å². The molecule has 0 bridgehead atoms. The number of likely N-dealkylation sites (tertiary alicyclic amines) is 2. The van der Waals surface area contributed by atoms with Crippen molar-refractivity contribution in [1.29, 1.82) is 0 Å². The van der Waals surface area contributed by atoms with Gasteiger partial charge >= 0.3 is 6.03 Å². The van der Waals surface area contributed by atoms with Gasteiger partial charge in [-0.25, -0.2) is 4.79 Å². The van der Waals surface area contributed by atoms with Crippen molar-refractivity contribution in [1.82, 2.24) is 20.4 Å². The molecule has 5 amide bonds. The molecule has 3 fully saturated rings. The molecule has 136 valence electrons. The molecule has 3 saturated heterocycles. The van der Waals surface area contributed by atoms with Gasteiger partial charge in [-0.1, -0.05) is 6.08 Å². The minimum atomic E-state index is -0.772. The Morgan fingerprint density at radius 2 is 1.96 bits per heavy atom. The second-order valence-electron chi connectivity index (χ2n) is 7.16. The molecule has 8 heteroatoms. The minimum absolute atomic E-state index is 0.00829. The fourth-order valence-electron chi connectivity index (χ4n) is 3.97. The highest BCUT2D eigenvalue weighted by Crippen LogP contribution is 2.40. The van der Waals surface area contributed by atoms with Crippen LogP contribution in [0.2, 0.25) is 0 Å². The Morgan fingerprint density at radius 3 is 2.56 bits per heavy atom. The molecular formula is C17H24N4O4. The first-order chi connectivity index (χ1) is 11.9. The molecule has 3 heterocycles. The maximum absolute atomic E-state index is 12.4. The van der Waals surface area contributed by atoms with Gasteiger partial charge in [0.2, 0.25) is 11.8 Å². The van der Waals surface area contributed by atoms with Crippen LogP contribution in [0.15, 0.2) is 12.7 Å². The van der Waals surface area contributed by atoms with Crippen LogP contribution in [0.3, 0.4) is 0 Å². The Hall–Kier alpha value is -2.38. The van der Waals surface area contributed by atoms with Gasteiger partial charge in [0.1, 0.15) is 6.04 Å². The van der Waals surface area contributed by atoms with Gasteiger partial charge in [-0.15, -0.1) is 6.58 Å². The fraction of sp³-hybridized carbons (Fsp3) is 0.647. The van der Waals surface area contributed by atoms with Gasteiger partial charge in [0.15, 0.2) is 0 Å². The molecule has 0 radical (unpaired) electrons. The van der Waals surface area contributed by atoms with Crippen molar-refractivity contribution in [3.8, 4) is 0 Å². The van der Waals surface area contributed by atoms with Gasteiger partial charge < -0.3 is 15.1 Å². The van der Waals surface area contributed by atoms with E-state index in [0.29, 0.717) is 26.1 Å². The highest BCUT2D eigenvalue weighted by atomic mass is 16.2. The topological polar surface area (TPSA) is 98.8 Å². The molecule has 0 saturated carbocycles. The van der Waals surface area contributed by atoms with Crippen LogP contribution in [-0.2, 0) is 14.4 Å². The maximum atomic E-state index is 12.4. The number of hydrogen-bond acceptors (Lipinski definition) is 4. The first-order valence-corrected chi connectivity index (χ1v) is 8.70. The average Bonchev–Trinajstić information content (AvgIpc) is 2.89. The summed E-state index contributed by atoms with van der Waals surface area (Å²) in [6.07, 6.45) is 4.85. The number of imide groups is 1. The number of urea groups is 1. The SMILES string of the molecule is C=CCN1CC2(CCC1=O)CCN(C(=O)CC1NC(=O)NC1=O)CC2. The van der Waals surface area contributed by atoms with Gasteiger partial charge in [0, 0.05) is 32.6 Å². The van der Waals surface area contributed by atoms with Crippen LogP contribution in [0.5, 0.6) is 0 Å². The summed E-state index contributed by atoms with van der Waals surface area (Å²) in [6.45, 7) is 6.25. The summed E-state index contributed by atoms with van der Waals surface area (Å²) in [4.78, 5) is 50.7. The van der Waals surface area contributed by atoms with E-state index in [2.05, 4.69) is 17.2 Å². The molecule has 1 spiro atoms. The van der Waals surface area contributed by atoms with Crippen LogP contribution in [-0.4, -0.2) is 65.8 Å². The molecule has 0 aromatic carbocycles. The van der Waals surface area contributed by atoms with Gasteiger partial charge in [-0.3, -0.25) is 19.7 Å². The van der Waals surface area contributed by atoms with Gasteiger partial charge in [0.25, 0.3) is 5.91 Å². The van der Waals surface area contributed by atoms with E-state index in [4.69, 9.17) is 0 Å². The van der Waals surface area contributed by atoms with Crippen molar-refractivity contribution >= 4 is 23.8 Å². The number of carbonyl (C=O) groups is 4. The summed E-state index contributed by atoms with van der Waals surface area (Å²) >= 11 is 0. The normalized spacial score (nSPS) is 25.8. The zero-order chi connectivity index (χ0) is 18.0. The van der Waals surface area contributed by atoms with Crippen LogP contribution in [0.4, 0.5) is 4.79 Å². The lowest BCUT2D eigenvalue weighted by Gasteiger charge is -2.47. The highest BCUT2D eigenvalue weighted by Gasteiger charge is 2.42. The third-order valence-corrected chi connectivity index (χ3v) is 5.51. The van der Waals surface area contributed by atoms with Crippen LogP contribution in [0, 0.1) is 5.41 Å². The Kier molecular flexibility index (Phi) is 4.78. The van der Waals surface area contributed by atoms with E-state index in [1.165, 1.54) is 0 Å². The first kappa shape index (κ1) is 17.4. The lowest BCUT2D eigenvalue weighted by molar-refractivity contribution is -0.142. The summed E-state index contributed by atoms with van der Waals surface area (Å²) in [6, 6.07) is -1.32. The smallest absolute Gasteiger partial charge is 0.322 e. The van der Waals surface area contributed by atoms with E-state index in [1.807, 2.05) is 4.90 Å². The molecule has 8 nitrogen and oxygen atoms in total. The van der Waals surface area contributed by atoms with Crippen molar-refractivity contribution < 1.29 is 19.2 Å². The van der Waals surface area contributed by atoms with Crippen molar-refractivity contribution in [2.45, 2.75) is 38.1 Å². The second-order valence-corrected chi connectivity index (χ2v) is 7.16. The Labute approximate surface area is 146 Å². The molecule has 1 atom stereocenters. The van der Waals surface area contributed by atoms with Crippen molar-refractivity contribution in [3.63, 3.8) is 0 Å². The van der Waals surface area contributed by atoms with Crippen LogP contribution >= 0.6 is 0 Å². The number of hydrogen-bond donors (Lipinski definition) is 2. The summed E-state index contributed by atoms with van der Waals surface area (Å²) in [5.74, 6) is -0.392. The van der Waals surface area contributed by atoms with E-state index in [0.717, 1.165) is 25.8 Å². The molecule has 3 rings (SSSR count). The number of piperidine rings is 2. The van der Waals surface area contributed by atoms with Crippen LogP contribution in [0.25, 0.3) is 0 Å². The lowest BCUT2D eigenvalue weighted by atomic mass is 9.72. The Morgan fingerprint density at radius 1 is 1.24 bits per heavy atom. The molecule has 3 aliphatic heterocycles. The van der Waals surface area contributed by atoms with Crippen molar-refractivity contribution in [2.24, 2.45) is 5.41 Å². The molecular weight excluding hydrogens is 324 g/mol. The highest BCUT2D eigenvalue weighted by molar-refractivity contribution is 6.05. The third kappa shape index (κ3) is 3.67. The number of nitrogens with one attached hydrogen (secondary N) is 2. The summed E-state index contributed by atoms with van der Waals surface area (Å²) in [5.41, 5.74) is 0.0760. The molecule has 2 N–H and O–H groups in total. The molecule has 0 aromatic rings. The number of amides is 5. The summed E-state index contributed by atoms with van der Waals surface area (Å²) in [5, 5.41) is 4.59. The summed E-state index contributed by atoms with van der Waals surface area (Å²) in [7, 11) is 0. The fourth-order valence-corrected chi connectivity index (χ4v) is 3.97. The van der Waals surface area contributed by atoms with Gasteiger partial charge in [0.05, 0.1) is 6.42 Å². The average molecular weight is 348 g/mol. The minimum Gasteiger partial charge on any atom is -0.343 e. The van der Waals surface area contributed by atoms with E-state index >= 15 is 0 Å². The standard InChI is InChI=1S/C17H24N4O4/c1-2-7-21-11-17(4-3-13(21)22)5-8-20(9-6-17)14(23)10-12-15(24)19-16(25)18-12/h2,12H,1,3-11H2,(H2,18,19,24,25). The van der Waals surface area contributed by atoms with Crippen LogP contribution in [0.1, 0.15) is 32.1 Å². The maximum Gasteiger partial charge on any atom is 0.322 e. The van der Waals surface area contributed by atoms with E-state index in [-0.39, 0.29) is 23.7 Å². The predicted octanol–water partition coefficient (Wildman–Crippen LogP) is 0.00170. The first-order valence-electron chi connectivity index (χ1n) is 8.70. The second kappa shape index (κ2) is 6.85. The van der Waals surface area contributed by atoms with Gasteiger partial charge in [-0.2, -0.15) is 0 Å². The van der Waals surface area contributed by atoms with E-state index in [9.17, 15) is 19.2 Å². The molecule has 3 aliphatic rings. The molecule has 1 unspecified atom stereocenters. The molecule has 0 aliphatic carbocycles. The van der Waals surface area contributed by atoms with E-state index < -0.39 is 18.0 Å². The molecule has 25 heavy (non-hydrogen) atoms. The molecule has 0 aromatic heterocycles. The third-order valence-electron chi connectivity index (χ3n) is 5.51.